The van der Waals surface area contributed by atoms with Crippen LogP contribution in [0.5, 0.6) is 5.75 Å². The monoisotopic (exact) mass is 521 g/mol. The number of rotatable bonds is 10. The number of ketones is 2. The quantitative estimate of drug-likeness (QED) is 0.140. The molecule has 11 heteroatoms. The lowest BCUT2D eigenvalue weighted by molar-refractivity contribution is -0.153. The number of anilines is 1. The summed E-state index contributed by atoms with van der Waals surface area (Å²) in [7, 11) is 1.09. The Morgan fingerprint density at radius 1 is 1.22 bits per heavy atom. The first kappa shape index (κ1) is 25.7. The van der Waals surface area contributed by atoms with Gasteiger partial charge >= 0.3 is 12.3 Å². The van der Waals surface area contributed by atoms with E-state index in [0.717, 1.165) is 18.3 Å². The van der Waals surface area contributed by atoms with Crippen LogP contribution in [0.2, 0.25) is 0 Å². The maximum atomic E-state index is 13.4. The van der Waals surface area contributed by atoms with Gasteiger partial charge in [0.25, 0.3) is 0 Å². The number of methoxy groups -OCH3 is 1. The second-order valence-electron chi connectivity index (χ2n) is 6.85. The van der Waals surface area contributed by atoms with E-state index in [0.29, 0.717) is 12.8 Å². The van der Waals surface area contributed by atoms with E-state index in [1.807, 2.05) is 0 Å². The molecule has 0 radical (unpaired) electrons. The first-order valence-electron chi connectivity index (χ1n) is 9.83. The van der Waals surface area contributed by atoms with Gasteiger partial charge in [0.1, 0.15) is 11.3 Å². The van der Waals surface area contributed by atoms with E-state index < -0.39 is 30.4 Å². The van der Waals surface area contributed by atoms with Crippen LogP contribution in [0.1, 0.15) is 37.0 Å². The zero-order valence-electron chi connectivity index (χ0n) is 17.8. The molecule has 0 saturated heterocycles. The predicted octanol–water partition coefficient (Wildman–Crippen LogP) is 5.07. The highest BCUT2D eigenvalue weighted by Gasteiger charge is 2.38. The van der Waals surface area contributed by atoms with Crippen molar-refractivity contribution in [2.24, 2.45) is 5.92 Å². The minimum atomic E-state index is -4.67. The van der Waals surface area contributed by atoms with Gasteiger partial charge in [0.2, 0.25) is 5.78 Å². The fraction of sp³-hybridized carbons (Fsp3) is 0.476. The molecule has 1 saturated carbocycles. The SMILES string of the molecule is CCOC=C(C(=O)c1ccc(Br)c(OCC(F)(F)F)c1N(CC)C(=O)OC)C(=O)C1CC1. The second kappa shape index (κ2) is 10.8. The van der Waals surface area contributed by atoms with Gasteiger partial charge in [-0.2, -0.15) is 13.2 Å². The van der Waals surface area contributed by atoms with Crippen molar-refractivity contribution in [1.29, 1.82) is 0 Å². The number of hydrogen-bond donors (Lipinski definition) is 0. The van der Waals surface area contributed by atoms with Gasteiger partial charge in [0, 0.05) is 12.5 Å². The van der Waals surface area contributed by atoms with E-state index >= 15 is 0 Å². The molecule has 176 valence electrons. The Kier molecular flexibility index (Phi) is 8.71. The van der Waals surface area contributed by atoms with Gasteiger partial charge in [-0.05, 0) is 54.8 Å². The first-order valence-corrected chi connectivity index (χ1v) is 10.6. The molecule has 1 aliphatic carbocycles. The van der Waals surface area contributed by atoms with Crippen LogP contribution in [0.15, 0.2) is 28.4 Å². The highest BCUT2D eigenvalue weighted by Crippen LogP contribution is 2.42. The van der Waals surface area contributed by atoms with Gasteiger partial charge in [-0.1, -0.05) is 0 Å². The molecular weight excluding hydrogens is 499 g/mol. The van der Waals surface area contributed by atoms with Crippen molar-refractivity contribution in [3.8, 4) is 5.75 Å². The lowest BCUT2D eigenvalue weighted by Gasteiger charge is -2.26. The molecule has 1 fully saturated rings. The number of carbonyl (C=O) groups is 3. The summed E-state index contributed by atoms with van der Waals surface area (Å²) in [6, 6.07) is 2.61. The molecule has 0 unspecified atom stereocenters. The van der Waals surface area contributed by atoms with Crippen LogP contribution < -0.4 is 9.64 Å². The Bertz CT molecular complexity index is 912. The summed E-state index contributed by atoms with van der Waals surface area (Å²) >= 11 is 3.12. The molecule has 0 spiro atoms. The Hall–Kier alpha value is -2.56. The Balaban J connectivity index is 2.67. The molecule has 32 heavy (non-hydrogen) atoms. The summed E-state index contributed by atoms with van der Waals surface area (Å²) in [4.78, 5) is 39.4. The van der Waals surface area contributed by atoms with Crippen LogP contribution in [-0.2, 0) is 14.3 Å². The zero-order chi connectivity index (χ0) is 24.1. The molecule has 1 aromatic rings. The summed E-state index contributed by atoms with van der Waals surface area (Å²) in [6.07, 6.45) is -3.27. The fourth-order valence-corrected chi connectivity index (χ4v) is 3.31. The van der Waals surface area contributed by atoms with Gasteiger partial charge in [-0.25, -0.2) is 4.79 Å². The van der Waals surface area contributed by atoms with Crippen molar-refractivity contribution >= 4 is 39.3 Å². The average molecular weight is 522 g/mol. The van der Waals surface area contributed by atoms with E-state index in [2.05, 4.69) is 15.9 Å². The average Bonchev–Trinajstić information content (AvgIpc) is 3.58. The van der Waals surface area contributed by atoms with Gasteiger partial charge in [-0.15, -0.1) is 0 Å². The summed E-state index contributed by atoms with van der Waals surface area (Å²) < 4.78 is 53.5. The molecule has 0 heterocycles. The number of ether oxygens (including phenoxy) is 3. The third-order valence-corrected chi connectivity index (χ3v) is 5.14. The Labute approximate surface area is 191 Å². The van der Waals surface area contributed by atoms with Crippen molar-refractivity contribution in [2.75, 3.05) is 31.8 Å². The third kappa shape index (κ3) is 6.24. The molecule has 0 bridgehead atoms. The predicted molar refractivity (Wildman–Crippen MR) is 113 cm³/mol. The highest BCUT2D eigenvalue weighted by atomic mass is 79.9. The molecular formula is C21H23BrF3NO6. The maximum Gasteiger partial charge on any atom is 0.422 e. The van der Waals surface area contributed by atoms with Crippen LogP contribution in [0.3, 0.4) is 0 Å². The molecule has 1 aliphatic rings. The second-order valence-corrected chi connectivity index (χ2v) is 7.70. The van der Waals surface area contributed by atoms with Crippen molar-refractivity contribution in [3.63, 3.8) is 0 Å². The lowest BCUT2D eigenvalue weighted by atomic mass is 9.96. The van der Waals surface area contributed by atoms with Crippen LogP contribution in [0.25, 0.3) is 0 Å². The van der Waals surface area contributed by atoms with Crippen molar-refractivity contribution in [1.82, 2.24) is 0 Å². The molecule has 2 rings (SSSR count). The molecule has 7 nitrogen and oxygen atoms in total. The summed E-state index contributed by atoms with van der Waals surface area (Å²) in [5, 5.41) is 0. The molecule has 0 N–H and O–H groups in total. The minimum absolute atomic E-state index is 0.0487. The highest BCUT2D eigenvalue weighted by molar-refractivity contribution is 9.10. The maximum absolute atomic E-state index is 13.4. The zero-order valence-corrected chi connectivity index (χ0v) is 19.3. The number of Topliss-reactive ketones (excluding diaryl/α,β-unsaturated/α-hetero) is 2. The lowest BCUT2D eigenvalue weighted by Crippen LogP contribution is -2.33. The molecule has 0 aromatic heterocycles. The van der Waals surface area contributed by atoms with Crippen LogP contribution >= 0.6 is 15.9 Å². The molecule has 1 amide bonds. The van der Waals surface area contributed by atoms with E-state index in [1.54, 1.807) is 13.8 Å². The van der Waals surface area contributed by atoms with Gasteiger partial charge in [0.05, 0.1) is 30.0 Å². The van der Waals surface area contributed by atoms with E-state index in [1.165, 1.54) is 12.1 Å². The van der Waals surface area contributed by atoms with Crippen LogP contribution in [0.4, 0.5) is 23.7 Å². The van der Waals surface area contributed by atoms with E-state index in [4.69, 9.17) is 14.2 Å². The van der Waals surface area contributed by atoms with Crippen LogP contribution in [0, 0.1) is 5.92 Å². The van der Waals surface area contributed by atoms with Gasteiger partial charge in [-0.3, -0.25) is 14.5 Å². The third-order valence-electron chi connectivity index (χ3n) is 4.52. The normalized spacial score (nSPS) is 14.0. The smallest absolute Gasteiger partial charge is 0.422 e. The molecule has 0 atom stereocenters. The number of allylic oxidation sites excluding steroid dienone is 1. The molecule has 0 aliphatic heterocycles. The van der Waals surface area contributed by atoms with Crippen molar-refractivity contribution < 1.29 is 41.8 Å². The van der Waals surface area contributed by atoms with Gasteiger partial charge in [0.15, 0.2) is 18.1 Å². The number of carbonyl (C=O) groups excluding carboxylic acids is 3. The number of benzene rings is 1. The first-order chi connectivity index (χ1) is 15.1. The van der Waals surface area contributed by atoms with Crippen molar-refractivity contribution in [3.05, 3.63) is 34.0 Å². The Morgan fingerprint density at radius 2 is 1.88 bits per heavy atom. The van der Waals surface area contributed by atoms with E-state index in [9.17, 15) is 27.6 Å². The fourth-order valence-electron chi connectivity index (χ4n) is 2.88. The van der Waals surface area contributed by atoms with E-state index in [-0.39, 0.29) is 46.1 Å². The van der Waals surface area contributed by atoms with Gasteiger partial charge < -0.3 is 14.2 Å². The number of amides is 1. The summed E-state index contributed by atoms with van der Waals surface area (Å²) in [6.45, 7) is 1.71. The summed E-state index contributed by atoms with van der Waals surface area (Å²) in [5.41, 5.74) is -0.688. The Morgan fingerprint density at radius 3 is 2.38 bits per heavy atom. The number of alkyl halides is 3. The summed E-state index contributed by atoms with van der Waals surface area (Å²) in [5.74, 6) is -1.91. The standard InChI is InChI=1S/C21H23BrF3NO6/c1-4-26(20(29)30-3)16-13(8-9-15(22)19(16)32-11-21(23,24)25)18(28)14(10-31-5-2)17(27)12-6-7-12/h8-10,12H,4-7,11H2,1-3H3. The largest absolute Gasteiger partial charge is 0.501 e. The number of nitrogens with zero attached hydrogens (tertiary/aromatic N) is 1. The minimum Gasteiger partial charge on any atom is -0.501 e. The van der Waals surface area contributed by atoms with Crippen LogP contribution in [-0.4, -0.2) is 50.7 Å². The molecule has 1 aromatic carbocycles. The number of halogens is 4. The topological polar surface area (TPSA) is 82.1 Å². The van der Waals surface area contributed by atoms with Crippen molar-refractivity contribution in [2.45, 2.75) is 32.9 Å². The number of hydrogen-bond acceptors (Lipinski definition) is 6.